The number of anilines is 1. The van der Waals surface area contributed by atoms with E-state index in [1.165, 1.54) is 6.07 Å². The molecule has 122 valence electrons. The molecule has 0 radical (unpaired) electrons. The number of fused-ring (bicyclic) bond motifs is 2. The standard InChI is InChI=1S/C18H14BrNO4/c19-13-4-5-15(21)18(22)12(13)8-20-14-3-1-2-10-6-16-17(7-11(10)14)24-9-23-16/h1-7,20-22H,8-9H2. The van der Waals surface area contributed by atoms with Crippen LogP contribution < -0.4 is 14.8 Å². The minimum absolute atomic E-state index is 0.130. The van der Waals surface area contributed by atoms with Crippen LogP contribution in [0.2, 0.25) is 0 Å². The van der Waals surface area contributed by atoms with Gasteiger partial charge in [-0.05, 0) is 35.7 Å². The van der Waals surface area contributed by atoms with Crippen LogP contribution in [0.1, 0.15) is 5.56 Å². The highest BCUT2D eigenvalue weighted by Gasteiger charge is 2.16. The molecule has 0 unspecified atom stereocenters. The molecule has 0 atom stereocenters. The lowest BCUT2D eigenvalue weighted by Crippen LogP contribution is -2.01. The maximum absolute atomic E-state index is 10.0. The predicted octanol–water partition coefficient (Wildman–Crippen LogP) is 4.35. The predicted molar refractivity (Wildman–Crippen MR) is 94.9 cm³/mol. The van der Waals surface area contributed by atoms with Gasteiger partial charge in [-0.2, -0.15) is 0 Å². The zero-order valence-electron chi connectivity index (χ0n) is 12.5. The third-order valence-electron chi connectivity index (χ3n) is 4.03. The number of ether oxygens (including phenoxy) is 2. The Morgan fingerprint density at radius 3 is 2.67 bits per heavy atom. The fourth-order valence-electron chi connectivity index (χ4n) is 2.77. The van der Waals surface area contributed by atoms with Gasteiger partial charge in [-0.15, -0.1) is 0 Å². The van der Waals surface area contributed by atoms with E-state index in [-0.39, 0.29) is 18.3 Å². The lowest BCUT2D eigenvalue weighted by Gasteiger charge is -2.13. The Hall–Kier alpha value is -2.60. The fourth-order valence-corrected chi connectivity index (χ4v) is 3.23. The van der Waals surface area contributed by atoms with E-state index in [0.717, 1.165) is 32.4 Å². The van der Waals surface area contributed by atoms with Gasteiger partial charge in [0.2, 0.25) is 6.79 Å². The molecule has 0 aliphatic carbocycles. The summed E-state index contributed by atoms with van der Waals surface area (Å²) in [4.78, 5) is 0. The van der Waals surface area contributed by atoms with Gasteiger partial charge in [-0.3, -0.25) is 0 Å². The third kappa shape index (κ3) is 2.49. The molecule has 6 heteroatoms. The highest BCUT2D eigenvalue weighted by Crippen LogP contribution is 2.39. The highest BCUT2D eigenvalue weighted by molar-refractivity contribution is 9.10. The Morgan fingerprint density at radius 1 is 1.04 bits per heavy atom. The van der Waals surface area contributed by atoms with E-state index in [1.807, 2.05) is 30.3 Å². The first-order valence-corrected chi connectivity index (χ1v) is 8.18. The summed E-state index contributed by atoms with van der Waals surface area (Å²) in [6.07, 6.45) is 0. The van der Waals surface area contributed by atoms with E-state index in [1.54, 1.807) is 6.07 Å². The van der Waals surface area contributed by atoms with Crippen molar-refractivity contribution >= 4 is 32.4 Å². The third-order valence-corrected chi connectivity index (χ3v) is 4.78. The van der Waals surface area contributed by atoms with Crippen LogP contribution in [0.3, 0.4) is 0 Å². The van der Waals surface area contributed by atoms with Gasteiger partial charge < -0.3 is 25.0 Å². The van der Waals surface area contributed by atoms with E-state index in [4.69, 9.17) is 9.47 Å². The van der Waals surface area contributed by atoms with Gasteiger partial charge in [0, 0.05) is 27.7 Å². The average molecular weight is 388 g/mol. The van der Waals surface area contributed by atoms with Crippen molar-refractivity contribution in [2.24, 2.45) is 0 Å². The van der Waals surface area contributed by atoms with Crippen molar-refractivity contribution in [1.82, 2.24) is 0 Å². The largest absolute Gasteiger partial charge is 0.504 e. The second-order valence-corrected chi connectivity index (χ2v) is 6.33. The van der Waals surface area contributed by atoms with Crippen LogP contribution in [0.4, 0.5) is 5.69 Å². The molecule has 0 bridgehead atoms. The molecular weight excluding hydrogens is 374 g/mol. The lowest BCUT2D eigenvalue weighted by atomic mass is 10.1. The number of nitrogens with one attached hydrogen (secondary N) is 1. The minimum atomic E-state index is -0.142. The molecule has 1 aliphatic heterocycles. The molecule has 4 rings (SSSR count). The van der Waals surface area contributed by atoms with Crippen LogP contribution in [0, 0.1) is 0 Å². The van der Waals surface area contributed by atoms with Crippen LogP contribution in [-0.4, -0.2) is 17.0 Å². The number of phenols is 2. The first kappa shape index (κ1) is 15.0. The summed E-state index contributed by atoms with van der Waals surface area (Å²) in [6, 6.07) is 12.9. The summed E-state index contributed by atoms with van der Waals surface area (Å²) in [6.45, 7) is 0.590. The van der Waals surface area contributed by atoms with Gasteiger partial charge in [-0.25, -0.2) is 0 Å². The number of aromatic hydroxyl groups is 2. The molecule has 0 spiro atoms. The van der Waals surface area contributed by atoms with E-state index in [0.29, 0.717) is 12.1 Å². The Bertz CT molecular complexity index is 942. The Kier molecular flexibility index (Phi) is 3.61. The molecule has 5 nitrogen and oxygen atoms in total. The second kappa shape index (κ2) is 5.79. The number of hydrogen-bond donors (Lipinski definition) is 3. The number of halogens is 1. The molecule has 0 saturated carbocycles. The van der Waals surface area contributed by atoms with Crippen molar-refractivity contribution in [3.05, 3.63) is 52.5 Å². The maximum atomic E-state index is 10.0. The van der Waals surface area contributed by atoms with Crippen LogP contribution in [-0.2, 0) is 6.54 Å². The van der Waals surface area contributed by atoms with Gasteiger partial charge in [-0.1, -0.05) is 28.1 Å². The van der Waals surface area contributed by atoms with Crippen LogP contribution in [0.15, 0.2) is 46.9 Å². The van der Waals surface area contributed by atoms with Gasteiger partial charge in [0.1, 0.15) is 0 Å². The Labute approximate surface area is 146 Å². The number of phenolic OH excluding ortho intramolecular Hbond substituents is 2. The van der Waals surface area contributed by atoms with Crippen molar-refractivity contribution in [3.8, 4) is 23.0 Å². The van der Waals surface area contributed by atoms with Crippen LogP contribution >= 0.6 is 15.9 Å². The van der Waals surface area contributed by atoms with Crippen molar-refractivity contribution in [2.75, 3.05) is 12.1 Å². The smallest absolute Gasteiger partial charge is 0.231 e. The minimum Gasteiger partial charge on any atom is -0.504 e. The first-order chi connectivity index (χ1) is 11.6. The monoisotopic (exact) mass is 387 g/mol. The topological polar surface area (TPSA) is 71.0 Å². The Balaban J connectivity index is 1.70. The van der Waals surface area contributed by atoms with E-state index >= 15 is 0 Å². The van der Waals surface area contributed by atoms with E-state index in [2.05, 4.69) is 21.2 Å². The number of rotatable bonds is 3. The summed E-state index contributed by atoms with van der Waals surface area (Å²) in [5.74, 6) is 1.19. The molecule has 0 amide bonds. The molecule has 0 saturated heterocycles. The van der Waals surface area contributed by atoms with Gasteiger partial charge in [0.15, 0.2) is 23.0 Å². The summed E-state index contributed by atoms with van der Waals surface area (Å²) < 4.78 is 11.6. The molecule has 3 N–H and O–H groups in total. The maximum Gasteiger partial charge on any atom is 0.231 e. The van der Waals surface area contributed by atoms with Crippen LogP contribution in [0.5, 0.6) is 23.0 Å². The van der Waals surface area contributed by atoms with E-state index < -0.39 is 0 Å². The second-order valence-electron chi connectivity index (χ2n) is 5.48. The Morgan fingerprint density at radius 2 is 1.83 bits per heavy atom. The molecule has 1 heterocycles. The van der Waals surface area contributed by atoms with Crippen molar-refractivity contribution < 1.29 is 19.7 Å². The van der Waals surface area contributed by atoms with E-state index in [9.17, 15) is 10.2 Å². The SMILES string of the molecule is Oc1ccc(Br)c(CNc2cccc3cc4c(cc23)OCO4)c1O. The fraction of sp³-hybridized carbons (Fsp3) is 0.111. The summed E-state index contributed by atoms with van der Waals surface area (Å²) in [7, 11) is 0. The molecule has 0 fully saturated rings. The van der Waals surface area contributed by atoms with Gasteiger partial charge in [0.05, 0.1) is 0 Å². The van der Waals surface area contributed by atoms with Crippen molar-refractivity contribution in [3.63, 3.8) is 0 Å². The molecule has 3 aromatic rings. The zero-order chi connectivity index (χ0) is 16.7. The number of benzene rings is 3. The number of hydrogen-bond acceptors (Lipinski definition) is 5. The first-order valence-electron chi connectivity index (χ1n) is 7.39. The summed E-state index contributed by atoms with van der Waals surface area (Å²) >= 11 is 3.40. The molecular formula is C18H14BrNO4. The molecule has 24 heavy (non-hydrogen) atoms. The normalized spacial score (nSPS) is 12.5. The lowest BCUT2D eigenvalue weighted by molar-refractivity contribution is 0.174. The average Bonchev–Trinajstić information content (AvgIpc) is 3.04. The highest BCUT2D eigenvalue weighted by atomic mass is 79.9. The van der Waals surface area contributed by atoms with Crippen LogP contribution in [0.25, 0.3) is 10.8 Å². The van der Waals surface area contributed by atoms with Crippen molar-refractivity contribution in [2.45, 2.75) is 6.54 Å². The summed E-state index contributed by atoms with van der Waals surface area (Å²) in [5, 5.41) is 25.0. The van der Waals surface area contributed by atoms with Gasteiger partial charge in [0.25, 0.3) is 0 Å². The molecule has 3 aromatic carbocycles. The molecule has 0 aromatic heterocycles. The van der Waals surface area contributed by atoms with Crippen molar-refractivity contribution in [1.29, 1.82) is 0 Å². The summed E-state index contributed by atoms with van der Waals surface area (Å²) in [5.41, 5.74) is 1.49. The molecule has 1 aliphatic rings. The van der Waals surface area contributed by atoms with Gasteiger partial charge >= 0.3 is 0 Å². The zero-order valence-corrected chi connectivity index (χ0v) is 14.1. The quantitative estimate of drug-likeness (QED) is 0.582.